The van der Waals surface area contributed by atoms with E-state index < -0.39 is 0 Å². The van der Waals surface area contributed by atoms with Gasteiger partial charge in [-0.3, -0.25) is 0 Å². The number of aromatic nitrogens is 3. The quantitative estimate of drug-likeness (QED) is 0.820. The summed E-state index contributed by atoms with van der Waals surface area (Å²) < 4.78 is 5.24. The second-order valence-electron chi connectivity index (χ2n) is 5.00. The van der Waals surface area contributed by atoms with Crippen LogP contribution in [0.2, 0.25) is 0 Å². The first-order valence-electron chi connectivity index (χ1n) is 6.43. The van der Waals surface area contributed by atoms with E-state index in [-0.39, 0.29) is 5.41 Å². The van der Waals surface area contributed by atoms with Gasteiger partial charge in [-0.1, -0.05) is 26.3 Å². The van der Waals surface area contributed by atoms with Crippen LogP contribution in [0.3, 0.4) is 0 Å². The Labute approximate surface area is 108 Å². The number of methoxy groups -OCH3 is 1. The van der Waals surface area contributed by atoms with Gasteiger partial charge in [-0.25, -0.2) is 0 Å². The first kappa shape index (κ1) is 12.9. The lowest BCUT2D eigenvalue weighted by atomic mass is 9.79. The third kappa shape index (κ3) is 2.33. The van der Waals surface area contributed by atoms with Crippen LogP contribution in [0, 0.1) is 0 Å². The molecule has 4 heteroatoms. The van der Waals surface area contributed by atoms with Crippen molar-refractivity contribution in [2.45, 2.75) is 38.5 Å². The summed E-state index contributed by atoms with van der Waals surface area (Å²) >= 11 is 0. The lowest BCUT2D eigenvalue weighted by Gasteiger charge is -2.26. The van der Waals surface area contributed by atoms with Crippen molar-refractivity contribution < 1.29 is 4.74 Å². The van der Waals surface area contributed by atoms with E-state index in [0.29, 0.717) is 0 Å². The molecule has 0 bridgehead atoms. The van der Waals surface area contributed by atoms with E-state index in [2.05, 4.69) is 36.2 Å². The molecule has 2 rings (SSSR count). The van der Waals surface area contributed by atoms with Gasteiger partial charge in [0.2, 0.25) is 0 Å². The summed E-state index contributed by atoms with van der Waals surface area (Å²) in [5, 5.41) is 9.04. The molecule has 0 fully saturated rings. The number of ether oxygens (including phenoxy) is 1. The molecule has 1 aliphatic rings. The Morgan fingerprint density at radius 1 is 1.44 bits per heavy atom. The zero-order chi connectivity index (χ0) is 13.2. The van der Waals surface area contributed by atoms with E-state index in [1.807, 2.05) is 13.1 Å². The van der Waals surface area contributed by atoms with Crippen LogP contribution in [0.15, 0.2) is 24.0 Å². The largest absolute Gasteiger partial charge is 0.497 e. The Morgan fingerprint density at radius 3 is 2.78 bits per heavy atom. The van der Waals surface area contributed by atoms with Gasteiger partial charge in [-0.15, -0.1) is 0 Å². The second-order valence-corrected chi connectivity index (χ2v) is 5.00. The maximum Gasteiger partial charge on any atom is 0.114 e. The van der Waals surface area contributed by atoms with Crippen LogP contribution in [0.4, 0.5) is 0 Å². The average molecular weight is 247 g/mol. The molecule has 1 heterocycles. The highest BCUT2D eigenvalue weighted by atomic mass is 16.5. The van der Waals surface area contributed by atoms with Crippen LogP contribution in [0.25, 0.3) is 0 Å². The Bertz CT molecular complexity index is 487. The highest BCUT2D eigenvalue weighted by Crippen LogP contribution is 2.34. The van der Waals surface area contributed by atoms with Gasteiger partial charge in [0.05, 0.1) is 18.5 Å². The number of aryl methyl sites for hydroxylation is 2. The maximum absolute atomic E-state index is 5.24. The highest BCUT2D eigenvalue weighted by Gasteiger charge is 2.31. The summed E-state index contributed by atoms with van der Waals surface area (Å²) in [5.41, 5.74) is 2.14. The van der Waals surface area contributed by atoms with Gasteiger partial charge in [0.15, 0.2) is 0 Å². The minimum atomic E-state index is -0.0687. The van der Waals surface area contributed by atoms with E-state index in [1.165, 1.54) is 0 Å². The third-order valence-electron chi connectivity index (χ3n) is 3.39. The van der Waals surface area contributed by atoms with E-state index in [0.717, 1.165) is 36.4 Å². The zero-order valence-corrected chi connectivity index (χ0v) is 11.6. The summed E-state index contributed by atoms with van der Waals surface area (Å²) in [6.45, 7) is 4.37. The van der Waals surface area contributed by atoms with Crippen molar-refractivity contribution in [3.8, 4) is 0 Å². The molecule has 0 radical (unpaired) electrons. The number of allylic oxidation sites excluding steroid dienone is 3. The second kappa shape index (κ2) is 4.96. The van der Waals surface area contributed by atoms with Crippen LogP contribution in [0.1, 0.15) is 38.1 Å². The monoisotopic (exact) mass is 247 g/mol. The fourth-order valence-corrected chi connectivity index (χ4v) is 2.34. The van der Waals surface area contributed by atoms with Crippen LogP contribution in [-0.2, 0) is 23.6 Å². The van der Waals surface area contributed by atoms with Crippen molar-refractivity contribution in [1.82, 2.24) is 15.0 Å². The number of nitrogens with zero attached hydrogens (tertiary/aromatic N) is 3. The van der Waals surface area contributed by atoms with Crippen molar-refractivity contribution in [3.05, 3.63) is 35.4 Å². The lowest BCUT2D eigenvalue weighted by molar-refractivity contribution is 0.300. The summed E-state index contributed by atoms with van der Waals surface area (Å²) in [6, 6.07) is 0. The highest BCUT2D eigenvalue weighted by molar-refractivity contribution is 5.34. The van der Waals surface area contributed by atoms with E-state index >= 15 is 0 Å². The summed E-state index contributed by atoms with van der Waals surface area (Å²) in [5.74, 6) is 0.924. The predicted octanol–water partition coefficient (Wildman–Crippen LogP) is 2.52. The summed E-state index contributed by atoms with van der Waals surface area (Å²) in [7, 11) is 3.58. The molecule has 1 aromatic heterocycles. The van der Waals surface area contributed by atoms with Gasteiger partial charge < -0.3 is 4.74 Å². The molecular weight excluding hydrogens is 226 g/mol. The standard InChI is InChI=1S/C14H21N3O/c1-5-6-12-13(16-17(3)15-12)14(2)9-7-11(18-4)8-10-14/h7-9H,5-6,10H2,1-4H3. The van der Waals surface area contributed by atoms with Gasteiger partial charge >= 0.3 is 0 Å². The number of rotatable bonds is 4. The minimum Gasteiger partial charge on any atom is -0.497 e. The van der Waals surface area contributed by atoms with Crippen LogP contribution >= 0.6 is 0 Å². The lowest BCUT2D eigenvalue weighted by Crippen LogP contribution is -2.23. The fraction of sp³-hybridized carbons (Fsp3) is 0.571. The smallest absolute Gasteiger partial charge is 0.114 e. The van der Waals surface area contributed by atoms with Crippen LogP contribution in [-0.4, -0.2) is 22.1 Å². The zero-order valence-electron chi connectivity index (χ0n) is 11.6. The van der Waals surface area contributed by atoms with Gasteiger partial charge in [0, 0.05) is 12.5 Å². The molecule has 98 valence electrons. The molecule has 0 saturated carbocycles. The van der Waals surface area contributed by atoms with Gasteiger partial charge in [-0.2, -0.15) is 15.0 Å². The molecule has 0 aliphatic heterocycles. The molecule has 0 saturated heterocycles. The molecule has 18 heavy (non-hydrogen) atoms. The molecule has 0 spiro atoms. The van der Waals surface area contributed by atoms with Gasteiger partial charge in [0.25, 0.3) is 0 Å². The first-order valence-corrected chi connectivity index (χ1v) is 6.43. The predicted molar refractivity (Wildman–Crippen MR) is 71.2 cm³/mol. The molecule has 1 aromatic rings. The Balaban J connectivity index is 2.32. The minimum absolute atomic E-state index is 0.0687. The van der Waals surface area contributed by atoms with Crippen LogP contribution in [0.5, 0.6) is 0 Å². The SMILES string of the molecule is CCCc1nn(C)nc1C1(C)C=CC(OC)=CC1. The Morgan fingerprint density at radius 2 is 2.22 bits per heavy atom. The summed E-state index contributed by atoms with van der Waals surface area (Å²) in [6.07, 6.45) is 9.29. The Kier molecular flexibility index (Phi) is 3.55. The normalized spacial score (nSPS) is 23.0. The molecule has 1 unspecified atom stereocenters. The van der Waals surface area contributed by atoms with E-state index in [4.69, 9.17) is 4.74 Å². The van der Waals surface area contributed by atoms with Crippen molar-refractivity contribution in [2.24, 2.45) is 7.05 Å². The first-order chi connectivity index (χ1) is 8.59. The van der Waals surface area contributed by atoms with Gasteiger partial charge in [0.1, 0.15) is 5.76 Å². The van der Waals surface area contributed by atoms with Gasteiger partial charge in [-0.05, 0) is 25.0 Å². The fourth-order valence-electron chi connectivity index (χ4n) is 2.34. The van der Waals surface area contributed by atoms with Crippen molar-refractivity contribution >= 4 is 0 Å². The molecule has 0 N–H and O–H groups in total. The van der Waals surface area contributed by atoms with Crippen molar-refractivity contribution in [3.63, 3.8) is 0 Å². The summed E-state index contributed by atoms with van der Waals surface area (Å²) in [4.78, 5) is 1.68. The molecular formula is C14H21N3O. The number of hydrogen-bond acceptors (Lipinski definition) is 3. The van der Waals surface area contributed by atoms with E-state index in [1.54, 1.807) is 11.9 Å². The third-order valence-corrected chi connectivity index (χ3v) is 3.39. The average Bonchev–Trinajstić information content (AvgIpc) is 2.73. The van der Waals surface area contributed by atoms with Crippen molar-refractivity contribution in [2.75, 3.05) is 7.11 Å². The molecule has 0 amide bonds. The topological polar surface area (TPSA) is 39.9 Å². The Hall–Kier alpha value is -1.58. The molecule has 1 atom stereocenters. The van der Waals surface area contributed by atoms with Crippen molar-refractivity contribution in [1.29, 1.82) is 0 Å². The van der Waals surface area contributed by atoms with E-state index in [9.17, 15) is 0 Å². The maximum atomic E-state index is 5.24. The molecule has 4 nitrogen and oxygen atoms in total. The molecule has 1 aliphatic carbocycles. The number of hydrogen-bond donors (Lipinski definition) is 0. The molecule has 0 aromatic carbocycles. The van der Waals surface area contributed by atoms with Crippen LogP contribution < -0.4 is 0 Å².